The Morgan fingerprint density at radius 3 is 2.48 bits per heavy atom. The molecule has 27 heavy (non-hydrogen) atoms. The summed E-state index contributed by atoms with van der Waals surface area (Å²) in [4.78, 5) is 12.4. The highest BCUT2D eigenvalue weighted by atomic mass is 35.5. The molecule has 0 aliphatic carbocycles. The fraction of sp³-hybridized carbons (Fsp3) is 0.350. The molecule has 0 amide bonds. The van der Waals surface area contributed by atoms with Crippen molar-refractivity contribution in [2.45, 2.75) is 25.5 Å². The fourth-order valence-electron chi connectivity index (χ4n) is 2.82. The average molecular weight is 393 g/mol. The van der Waals surface area contributed by atoms with Crippen molar-refractivity contribution >= 4 is 23.3 Å². The van der Waals surface area contributed by atoms with Crippen LogP contribution in [0.1, 0.15) is 24.2 Å². The number of carbonyl (C=O) groups is 1. The van der Waals surface area contributed by atoms with Crippen LogP contribution in [0, 0.1) is 0 Å². The topological polar surface area (TPSA) is 93.0 Å². The number of carboxylic acid groups (broad SMARTS) is 1. The minimum atomic E-state index is -0.914. The number of aliphatic hydroxyl groups is 1. The third kappa shape index (κ3) is 6.13. The van der Waals surface area contributed by atoms with E-state index in [0.29, 0.717) is 17.3 Å². The lowest BCUT2D eigenvalue weighted by Gasteiger charge is -2.21. The molecule has 2 atom stereocenters. The van der Waals surface area contributed by atoms with Crippen molar-refractivity contribution in [1.29, 1.82) is 0 Å². The largest absolute Gasteiger partial charge is 0.508 e. The van der Waals surface area contributed by atoms with E-state index < -0.39 is 12.1 Å². The van der Waals surface area contributed by atoms with E-state index in [2.05, 4.69) is 5.32 Å². The van der Waals surface area contributed by atoms with Crippen LogP contribution in [-0.2, 0) is 11.2 Å². The van der Waals surface area contributed by atoms with Gasteiger partial charge in [-0.05, 0) is 55.3 Å². The Bertz CT molecular complexity index is 767. The Kier molecular flexibility index (Phi) is 7.47. The molecule has 2 aromatic rings. The van der Waals surface area contributed by atoms with Gasteiger partial charge in [-0.1, -0.05) is 29.8 Å². The van der Waals surface area contributed by atoms with Crippen molar-refractivity contribution in [2.75, 3.05) is 25.0 Å². The number of halogens is 1. The Morgan fingerprint density at radius 2 is 1.89 bits per heavy atom. The molecular formula is C20H25ClN2O4. The second-order valence-corrected chi connectivity index (χ2v) is 6.97. The Labute approximate surface area is 164 Å². The average Bonchev–Trinajstić information content (AvgIpc) is 2.61. The summed E-state index contributed by atoms with van der Waals surface area (Å²) >= 11 is 6.28. The molecule has 2 aromatic carbocycles. The van der Waals surface area contributed by atoms with E-state index in [4.69, 9.17) is 16.7 Å². The van der Waals surface area contributed by atoms with Gasteiger partial charge in [0, 0.05) is 13.1 Å². The molecule has 2 unspecified atom stereocenters. The summed E-state index contributed by atoms with van der Waals surface area (Å²) in [5.41, 5.74) is 2.43. The van der Waals surface area contributed by atoms with Crippen LogP contribution in [0.15, 0.2) is 42.5 Å². The summed E-state index contributed by atoms with van der Waals surface area (Å²) in [5, 5.41) is 32.4. The standard InChI is InChI=1S/C20H25ClN2O4/c1-13(20(27)15-4-6-16(24)7-5-15)22-10-9-14-3-8-18(17(21)11-14)23(2)12-19(25)26/h3-8,11,13,20,22,24,27H,9-10,12H2,1-2H3,(H,25,26). The van der Waals surface area contributed by atoms with E-state index in [-0.39, 0.29) is 18.3 Å². The molecule has 0 radical (unpaired) electrons. The summed E-state index contributed by atoms with van der Waals surface area (Å²) in [5.74, 6) is -0.746. The molecular weight excluding hydrogens is 368 g/mol. The zero-order valence-electron chi connectivity index (χ0n) is 15.4. The van der Waals surface area contributed by atoms with Gasteiger partial charge in [-0.3, -0.25) is 4.79 Å². The van der Waals surface area contributed by atoms with Crippen LogP contribution in [0.3, 0.4) is 0 Å². The smallest absolute Gasteiger partial charge is 0.323 e. The molecule has 0 saturated heterocycles. The predicted molar refractivity (Wildman–Crippen MR) is 107 cm³/mol. The van der Waals surface area contributed by atoms with Crippen LogP contribution < -0.4 is 10.2 Å². The van der Waals surface area contributed by atoms with Gasteiger partial charge >= 0.3 is 5.97 Å². The number of nitrogens with one attached hydrogen (secondary N) is 1. The first kappa shape index (κ1) is 21.0. The molecule has 0 aliphatic heterocycles. The molecule has 7 heteroatoms. The van der Waals surface area contributed by atoms with E-state index in [1.54, 1.807) is 36.2 Å². The van der Waals surface area contributed by atoms with Gasteiger partial charge in [0.15, 0.2) is 0 Å². The van der Waals surface area contributed by atoms with Crippen LogP contribution in [-0.4, -0.2) is 47.5 Å². The number of hydrogen-bond acceptors (Lipinski definition) is 5. The number of aliphatic hydroxyl groups excluding tert-OH is 1. The number of hydrogen-bond donors (Lipinski definition) is 4. The number of anilines is 1. The maximum absolute atomic E-state index is 10.8. The summed E-state index contributed by atoms with van der Waals surface area (Å²) in [6, 6.07) is 11.9. The predicted octanol–water partition coefficient (Wildman–Crippen LogP) is 2.82. The van der Waals surface area contributed by atoms with Crippen LogP contribution >= 0.6 is 11.6 Å². The maximum atomic E-state index is 10.8. The zero-order valence-corrected chi connectivity index (χ0v) is 16.1. The molecule has 146 valence electrons. The highest BCUT2D eigenvalue weighted by Gasteiger charge is 2.16. The summed E-state index contributed by atoms with van der Waals surface area (Å²) in [6.45, 7) is 2.43. The molecule has 0 aliphatic rings. The molecule has 4 N–H and O–H groups in total. The lowest BCUT2D eigenvalue weighted by Crippen LogP contribution is -2.33. The monoisotopic (exact) mass is 392 g/mol. The number of carboxylic acids is 1. The molecule has 0 heterocycles. The summed E-state index contributed by atoms with van der Waals surface area (Å²) in [6.07, 6.45) is 0.0381. The van der Waals surface area contributed by atoms with E-state index in [0.717, 1.165) is 17.5 Å². The van der Waals surface area contributed by atoms with Crippen molar-refractivity contribution in [3.05, 3.63) is 58.6 Å². The van der Waals surface area contributed by atoms with Crippen molar-refractivity contribution < 1.29 is 20.1 Å². The molecule has 2 rings (SSSR count). The van der Waals surface area contributed by atoms with Gasteiger partial charge in [0.2, 0.25) is 0 Å². The first-order valence-electron chi connectivity index (χ1n) is 8.69. The first-order chi connectivity index (χ1) is 12.8. The van der Waals surface area contributed by atoms with Crippen molar-refractivity contribution in [1.82, 2.24) is 5.32 Å². The van der Waals surface area contributed by atoms with Crippen LogP contribution in [0.25, 0.3) is 0 Å². The number of aromatic hydroxyl groups is 1. The second-order valence-electron chi connectivity index (χ2n) is 6.56. The highest BCUT2D eigenvalue weighted by Crippen LogP contribution is 2.26. The Balaban J connectivity index is 1.88. The van der Waals surface area contributed by atoms with Crippen molar-refractivity contribution in [3.8, 4) is 5.75 Å². The molecule has 0 spiro atoms. The highest BCUT2D eigenvalue weighted by molar-refractivity contribution is 6.33. The molecule has 0 bridgehead atoms. The van der Waals surface area contributed by atoms with E-state index in [9.17, 15) is 15.0 Å². The minimum Gasteiger partial charge on any atom is -0.508 e. The van der Waals surface area contributed by atoms with E-state index >= 15 is 0 Å². The number of aliphatic carboxylic acids is 1. The van der Waals surface area contributed by atoms with Gasteiger partial charge in [0.25, 0.3) is 0 Å². The third-order valence-electron chi connectivity index (χ3n) is 4.38. The fourth-order valence-corrected chi connectivity index (χ4v) is 3.17. The zero-order chi connectivity index (χ0) is 20.0. The van der Waals surface area contributed by atoms with Crippen molar-refractivity contribution in [2.24, 2.45) is 0 Å². The third-order valence-corrected chi connectivity index (χ3v) is 4.69. The summed E-state index contributed by atoms with van der Waals surface area (Å²) < 4.78 is 0. The van der Waals surface area contributed by atoms with Crippen LogP contribution in [0.4, 0.5) is 5.69 Å². The quantitative estimate of drug-likeness (QED) is 0.524. The molecule has 6 nitrogen and oxygen atoms in total. The molecule has 0 aromatic heterocycles. The summed E-state index contributed by atoms with van der Waals surface area (Å²) in [7, 11) is 1.68. The van der Waals surface area contributed by atoms with E-state index in [1.165, 1.54) is 0 Å². The minimum absolute atomic E-state index is 0.118. The van der Waals surface area contributed by atoms with Gasteiger partial charge < -0.3 is 25.5 Å². The van der Waals surface area contributed by atoms with Gasteiger partial charge in [-0.25, -0.2) is 0 Å². The van der Waals surface area contributed by atoms with Crippen LogP contribution in [0.5, 0.6) is 5.75 Å². The molecule has 0 saturated carbocycles. The van der Waals surface area contributed by atoms with E-state index in [1.807, 2.05) is 25.1 Å². The Morgan fingerprint density at radius 1 is 1.22 bits per heavy atom. The van der Waals surface area contributed by atoms with Gasteiger partial charge in [-0.15, -0.1) is 0 Å². The number of rotatable bonds is 9. The normalized spacial score (nSPS) is 13.2. The van der Waals surface area contributed by atoms with Gasteiger partial charge in [0.05, 0.1) is 16.8 Å². The number of benzene rings is 2. The molecule has 0 fully saturated rings. The number of phenolic OH excluding ortho intramolecular Hbond substituents is 1. The first-order valence-corrected chi connectivity index (χ1v) is 9.07. The number of phenols is 1. The SMILES string of the molecule is CC(NCCc1ccc(N(C)CC(=O)O)c(Cl)c1)C(O)c1ccc(O)cc1. The number of likely N-dealkylation sites (N-methyl/N-ethyl adjacent to an activating group) is 1. The maximum Gasteiger partial charge on any atom is 0.323 e. The lowest BCUT2D eigenvalue weighted by atomic mass is 10.0. The van der Waals surface area contributed by atoms with Gasteiger partial charge in [-0.2, -0.15) is 0 Å². The van der Waals surface area contributed by atoms with Crippen molar-refractivity contribution in [3.63, 3.8) is 0 Å². The van der Waals surface area contributed by atoms with Crippen LogP contribution in [0.2, 0.25) is 5.02 Å². The lowest BCUT2D eigenvalue weighted by molar-refractivity contribution is -0.135. The second kappa shape index (κ2) is 9.60. The van der Waals surface area contributed by atoms with Gasteiger partial charge in [0.1, 0.15) is 12.3 Å². The Hall–Kier alpha value is -2.28. The number of nitrogens with zero attached hydrogens (tertiary/aromatic N) is 1.